The fourth-order valence-corrected chi connectivity index (χ4v) is 2.97. The van der Waals surface area contributed by atoms with Crippen LogP contribution in [0.2, 0.25) is 5.02 Å². The van der Waals surface area contributed by atoms with Gasteiger partial charge in [-0.15, -0.1) is 0 Å². The fourth-order valence-electron chi connectivity index (χ4n) is 2.81. The predicted octanol–water partition coefficient (Wildman–Crippen LogP) is 4.97. The van der Waals surface area contributed by atoms with Crippen molar-refractivity contribution in [1.29, 1.82) is 0 Å². The van der Waals surface area contributed by atoms with E-state index in [1.165, 1.54) is 11.1 Å². The lowest BCUT2D eigenvalue weighted by atomic mass is 10.2. The molecule has 0 saturated heterocycles. The maximum atomic E-state index is 6.15. The Bertz CT molecular complexity index is 1020. The van der Waals surface area contributed by atoms with E-state index in [4.69, 9.17) is 16.6 Å². The topological polar surface area (TPSA) is 42.2 Å². The van der Waals surface area contributed by atoms with Crippen molar-refractivity contribution in [3.05, 3.63) is 83.1 Å². The van der Waals surface area contributed by atoms with Crippen molar-refractivity contribution in [3.8, 4) is 11.4 Å². The standard InChI is InChI=1S/C20H17ClN4/c1-14-7-8-18-24-19(17-11-16(21)9-10-22-17)20(25(18)13-14)23-12-15-5-3-2-4-6-15/h2-11,13,23H,12H2,1H3. The molecule has 0 aliphatic heterocycles. The molecule has 1 aromatic carbocycles. The number of hydrogen-bond acceptors (Lipinski definition) is 3. The Morgan fingerprint density at radius 1 is 1.08 bits per heavy atom. The monoisotopic (exact) mass is 348 g/mol. The number of benzene rings is 1. The van der Waals surface area contributed by atoms with Crippen LogP contribution in [0.4, 0.5) is 5.82 Å². The van der Waals surface area contributed by atoms with E-state index in [2.05, 4.69) is 46.0 Å². The number of imidazole rings is 1. The van der Waals surface area contributed by atoms with Crippen LogP contribution in [0.25, 0.3) is 17.0 Å². The van der Waals surface area contributed by atoms with Gasteiger partial charge in [0, 0.05) is 24.0 Å². The van der Waals surface area contributed by atoms with Gasteiger partial charge in [-0.3, -0.25) is 9.38 Å². The lowest BCUT2D eigenvalue weighted by Crippen LogP contribution is -2.03. The molecule has 1 N–H and O–H groups in total. The molecule has 4 rings (SSSR count). The Kier molecular flexibility index (Phi) is 4.12. The van der Waals surface area contributed by atoms with Crippen molar-refractivity contribution in [2.45, 2.75) is 13.5 Å². The molecule has 0 aliphatic rings. The van der Waals surface area contributed by atoms with Crippen LogP contribution in [0, 0.1) is 6.92 Å². The van der Waals surface area contributed by atoms with Gasteiger partial charge in [-0.2, -0.15) is 0 Å². The lowest BCUT2D eigenvalue weighted by molar-refractivity contribution is 1.07. The molecule has 5 heteroatoms. The highest BCUT2D eigenvalue weighted by molar-refractivity contribution is 6.30. The Morgan fingerprint density at radius 3 is 2.72 bits per heavy atom. The van der Waals surface area contributed by atoms with Crippen LogP contribution in [0.1, 0.15) is 11.1 Å². The molecule has 4 aromatic rings. The summed E-state index contributed by atoms with van der Waals surface area (Å²) in [6, 6.07) is 18.0. The van der Waals surface area contributed by atoms with E-state index in [1.807, 2.05) is 30.3 Å². The molecule has 25 heavy (non-hydrogen) atoms. The molecule has 0 radical (unpaired) electrons. The number of aryl methyl sites for hydroxylation is 1. The molecule has 0 amide bonds. The summed E-state index contributed by atoms with van der Waals surface area (Å²) in [4.78, 5) is 9.20. The smallest absolute Gasteiger partial charge is 0.140 e. The number of fused-ring (bicyclic) bond motifs is 1. The first kappa shape index (κ1) is 15.7. The number of rotatable bonds is 4. The van der Waals surface area contributed by atoms with E-state index >= 15 is 0 Å². The van der Waals surface area contributed by atoms with Gasteiger partial charge in [-0.1, -0.05) is 48.0 Å². The van der Waals surface area contributed by atoms with Crippen LogP contribution >= 0.6 is 11.6 Å². The molecule has 0 fully saturated rings. The van der Waals surface area contributed by atoms with Crippen molar-refractivity contribution in [2.24, 2.45) is 0 Å². The van der Waals surface area contributed by atoms with E-state index < -0.39 is 0 Å². The van der Waals surface area contributed by atoms with Gasteiger partial charge >= 0.3 is 0 Å². The third-order valence-corrected chi connectivity index (χ3v) is 4.27. The van der Waals surface area contributed by atoms with Crippen LogP contribution in [0.3, 0.4) is 0 Å². The average molecular weight is 349 g/mol. The van der Waals surface area contributed by atoms with Crippen LogP contribution in [0.15, 0.2) is 67.0 Å². The van der Waals surface area contributed by atoms with Gasteiger partial charge in [0.05, 0.1) is 5.69 Å². The van der Waals surface area contributed by atoms with Gasteiger partial charge in [0.1, 0.15) is 17.2 Å². The average Bonchev–Trinajstić information content (AvgIpc) is 2.98. The van der Waals surface area contributed by atoms with E-state index in [-0.39, 0.29) is 0 Å². The second-order valence-corrected chi connectivity index (χ2v) is 6.38. The van der Waals surface area contributed by atoms with E-state index in [0.717, 1.165) is 22.9 Å². The summed E-state index contributed by atoms with van der Waals surface area (Å²) >= 11 is 6.15. The van der Waals surface area contributed by atoms with E-state index in [1.54, 1.807) is 12.3 Å². The zero-order valence-corrected chi connectivity index (χ0v) is 14.5. The molecule has 0 atom stereocenters. The number of nitrogens with one attached hydrogen (secondary N) is 1. The number of hydrogen-bond donors (Lipinski definition) is 1. The number of aromatic nitrogens is 3. The molecular formula is C20H17ClN4. The highest BCUT2D eigenvalue weighted by Crippen LogP contribution is 2.29. The molecule has 3 aromatic heterocycles. The zero-order valence-electron chi connectivity index (χ0n) is 13.8. The second kappa shape index (κ2) is 6.57. The van der Waals surface area contributed by atoms with Gasteiger partial charge in [0.2, 0.25) is 0 Å². The molecule has 4 nitrogen and oxygen atoms in total. The molecule has 124 valence electrons. The third-order valence-electron chi connectivity index (χ3n) is 4.03. The lowest BCUT2D eigenvalue weighted by Gasteiger charge is -2.09. The summed E-state index contributed by atoms with van der Waals surface area (Å²) in [6.45, 7) is 2.77. The normalized spacial score (nSPS) is 11.0. The molecule has 0 saturated carbocycles. The number of pyridine rings is 2. The van der Waals surface area contributed by atoms with Gasteiger partial charge in [0.15, 0.2) is 0 Å². The van der Waals surface area contributed by atoms with Gasteiger partial charge in [-0.25, -0.2) is 4.98 Å². The Morgan fingerprint density at radius 2 is 1.92 bits per heavy atom. The Hall–Kier alpha value is -2.85. The molecule has 0 unspecified atom stereocenters. The van der Waals surface area contributed by atoms with Crippen molar-refractivity contribution < 1.29 is 0 Å². The molecule has 0 spiro atoms. The first-order chi connectivity index (χ1) is 12.2. The number of halogens is 1. The predicted molar refractivity (Wildman–Crippen MR) is 102 cm³/mol. The van der Waals surface area contributed by atoms with Crippen LogP contribution in [-0.4, -0.2) is 14.4 Å². The first-order valence-corrected chi connectivity index (χ1v) is 8.47. The van der Waals surface area contributed by atoms with Crippen molar-refractivity contribution in [3.63, 3.8) is 0 Å². The zero-order chi connectivity index (χ0) is 17.2. The summed E-state index contributed by atoms with van der Waals surface area (Å²) in [6.07, 6.45) is 3.78. The van der Waals surface area contributed by atoms with Crippen molar-refractivity contribution in [1.82, 2.24) is 14.4 Å². The van der Waals surface area contributed by atoms with Gasteiger partial charge < -0.3 is 5.32 Å². The van der Waals surface area contributed by atoms with Crippen molar-refractivity contribution in [2.75, 3.05) is 5.32 Å². The van der Waals surface area contributed by atoms with Crippen LogP contribution in [-0.2, 0) is 6.54 Å². The summed E-state index contributed by atoms with van der Waals surface area (Å²) in [5, 5.41) is 4.16. The maximum absolute atomic E-state index is 6.15. The summed E-state index contributed by atoms with van der Waals surface area (Å²) in [7, 11) is 0. The Balaban J connectivity index is 1.81. The molecule has 3 heterocycles. The molecular weight excluding hydrogens is 332 g/mol. The quantitative estimate of drug-likeness (QED) is 0.566. The van der Waals surface area contributed by atoms with E-state index in [0.29, 0.717) is 11.6 Å². The number of anilines is 1. The van der Waals surface area contributed by atoms with Crippen molar-refractivity contribution >= 4 is 23.1 Å². The number of nitrogens with zero attached hydrogens (tertiary/aromatic N) is 3. The van der Waals surface area contributed by atoms with Gasteiger partial charge in [-0.05, 0) is 36.2 Å². The largest absolute Gasteiger partial charge is 0.365 e. The first-order valence-electron chi connectivity index (χ1n) is 8.09. The third kappa shape index (κ3) is 3.21. The summed E-state index contributed by atoms with van der Waals surface area (Å²) in [5.41, 5.74) is 4.79. The Labute approximate surface area is 151 Å². The highest BCUT2D eigenvalue weighted by Gasteiger charge is 2.15. The minimum Gasteiger partial charge on any atom is -0.365 e. The summed E-state index contributed by atoms with van der Waals surface area (Å²) in [5.74, 6) is 0.914. The SMILES string of the molecule is Cc1ccc2nc(-c3cc(Cl)ccn3)c(NCc3ccccc3)n2c1. The second-order valence-electron chi connectivity index (χ2n) is 5.94. The minimum absolute atomic E-state index is 0.646. The van der Waals surface area contributed by atoms with Crippen LogP contribution < -0.4 is 5.32 Å². The highest BCUT2D eigenvalue weighted by atomic mass is 35.5. The molecule has 0 aliphatic carbocycles. The fraction of sp³-hybridized carbons (Fsp3) is 0.100. The van der Waals surface area contributed by atoms with Crippen LogP contribution in [0.5, 0.6) is 0 Å². The van der Waals surface area contributed by atoms with E-state index in [9.17, 15) is 0 Å². The van der Waals surface area contributed by atoms with Gasteiger partial charge in [0.25, 0.3) is 0 Å². The maximum Gasteiger partial charge on any atom is 0.140 e. The molecule has 0 bridgehead atoms. The summed E-state index contributed by atoms with van der Waals surface area (Å²) < 4.78 is 2.07. The minimum atomic E-state index is 0.646.